The zero-order valence-electron chi connectivity index (χ0n) is 14.4. The fourth-order valence-corrected chi connectivity index (χ4v) is 2.64. The Bertz CT molecular complexity index is 756. The summed E-state index contributed by atoms with van der Waals surface area (Å²) in [6.45, 7) is 2.29. The summed E-state index contributed by atoms with van der Waals surface area (Å²) < 4.78 is 0. The van der Waals surface area contributed by atoms with E-state index in [9.17, 15) is 14.4 Å². The quantitative estimate of drug-likeness (QED) is 0.702. The first-order valence-electron chi connectivity index (χ1n) is 8.17. The first-order valence-corrected chi connectivity index (χ1v) is 8.70. The molecule has 26 heavy (non-hydrogen) atoms. The molecule has 2 N–H and O–H groups in total. The normalized spacial score (nSPS) is 15.8. The molecule has 0 bridgehead atoms. The summed E-state index contributed by atoms with van der Waals surface area (Å²) in [4.78, 5) is 41.7. The van der Waals surface area contributed by atoms with Gasteiger partial charge in [-0.15, -0.1) is 11.6 Å². The third-order valence-electron chi connectivity index (χ3n) is 3.76. The van der Waals surface area contributed by atoms with Crippen molar-refractivity contribution in [2.45, 2.75) is 13.3 Å². The molecule has 0 spiro atoms. The molecule has 1 aliphatic carbocycles. The fourth-order valence-electron chi connectivity index (χ4n) is 2.58. The predicted octanol–water partition coefficient (Wildman–Crippen LogP) is 1.55. The molecule has 2 rings (SSSR count). The van der Waals surface area contributed by atoms with Gasteiger partial charge in [0.1, 0.15) is 5.88 Å². The van der Waals surface area contributed by atoms with Crippen LogP contribution in [0.3, 0.4) is 0 Å². The Morgan fingerprint density at radius 2 is 2.00 bits per heavy atom. The summed E-state index contributed by atoms with van der Waals surface area (Å²) in [7, 11) is 0. The highest BCUT2D eigenvalue weighted by atomic mass is 35.5. The lowest BCUT2D eigenvalue weighted by atomic mass is 9.98. The van der Waals surface area contributed by atoms with Gasteiger partial charge in [-0.05, 0) is 31.2 Å². The van der Waals surface area contributed by atoms with Crippen LogP contribution >= 0.6 is 11.6 Å². The summed E-state index contributed by atoms with van der Waals surface area (Å²) in [6, 6.07) is 6.90. The van der Waals surface area contributed by atoms with E-state index in [0.29, 0.717) is 17.9 Å². The molecule has 0 fully saturated rings. The van der Waals surface area contributed by atoms with Crippen molar-refractivity contribution in [3.05, 3.63) is 36.0 Å². The monoisotopic (exact) mass is 377 g/mol. The average molecular weight is 378 g/mol. The number of nitrogens with zero attached hydrogens (tertiary/aromatic N) is 2. The van der Waals surface area contributed by atoms with Crippen molar-refractivity contribution in [1.29, 1.82) is 0 Å². The van der Waals surface area contributed by atoms with E-state index >= 15 is 0 Å². The summed E-state index contributed by atoms with van der Waals surface area (Å²) in [5, 5.41) is 11.4. The molecule has 0 aliphatic heterocycles. The number of aliphatic hydroxyl groups is 1. The van der Waals surface area contributed by atoms with Gasteiger partial charge >= 0.3 is 0 Å². The highest BCUT2D eigenvalue weighted by Crippen LogP contribution is 2.24. The minimum atomic E-state index is -0.322. The van der Waals surface area contributed by atoms with Crippen LogP contribution in [0.2, 0.25) is 0 Å². The maximum atomic E-state index is 12.5. The highest BCUT2D eigenvalue weighted by molar-refractivity contribution is 6.50. The van der Waals surface area contributed by atoms with Gasteiger partial charge in [0.2, 0.25) is 11.7 Å². The third-order valence-corrected chi connectivity index (χ3v) is 4.00. The lowest BCUT2D eigenvalue weighted by molar-refractivity contribution is -0.117. The third kappa shape index (κ3) is 4.77. The topological polar surface area (TPSA) is 99.1 Å². The van der Waals surface area contributed by atoms with Crippen molar-refractivity contribution >= 4 is 46.2 Å². The van der Waals surface area contributed by atoms with Crippen LogP contribution in [0.15, 0.2) is 41.0 Å². The molecule has 0 saturated heterocycles. The maximum absolute atomic E-state index is 12.5. The largest absolute Gasteiger partial charge is 0.394 e. The number of Topliss-reactive ketones (excluding diaryl/α,β-unsaturated/α-hetero) is 1. The summed E-state index contributed by atoms with van der Waals surface area (Å²) >= 11 is 5.46. The molecule has 0 radical (unpaired) electrons. The number of hydrogen-bond donors (Lipinski definition) is 2. The Morgan fingerprint density at radius 3 is 2.58 bits per heavy atom. The molecule has 0 saturated carbocycles. The number of nitrogens with one attached hydrogen (secondary N) is 1. The van der Waals surface area contributed by atoms with E-state index in [0.717, 1.165) is 5.69 Å². The number of carbonyl (C=O) groups is 3. The van der Waals surface area contributed by atoms with E-state index in [4.69, 9.17) is 16.7 Å². The molecular weight excluding hydrogens is 358 g/mol. The van der Waals surface area contributed by atoms with E-state index in [1.165, 1.54) is 6.08 Å². The van der Waals surface area contributed by atoms with Gasteiger partial charge in [0, 0.05) is 24.0 Å². The van der Waals surface area contributed by atoms with Crippen molar-refractivity contribution in [2.75, 3.05) is 35.8 Å². The van der Waals surface area contributed by atoms with Crippen LogP contribution in [0.25, 0.3) is 0 Å². The number of ketones is 2. The predicted molar refractivity (Wildman–Crippen MR) is 101 cm³/mol. The minimum Gasteiger partial charge on any atom is -0.394 e. The fraction of sp³-hybridized carbons (Fsp3) is 0.333. The number of likely N-dealkylation sites (N-methyl/N-ethyl adjacent to an activating group) is 1. The van der Waals surface area contributed by atoms with Crippen LogP contribution in [0.5, 0.6) is 0 Å². The Labute approximate surface area is 156 Å². The van der Waals surface area contributed by atoms with E-state index in [1.807, 2.05) is 6.92 Å². The number of amides is 1. The van der Waals surface area contributed by atoms with Crippen molar-refractivity contribution in [2.24, 2.45) is 4.99 Å². The van der Waals surface area contributed by atoms with Crippen LogP contribution < -0.4 is 10.2 Å². The molecule has 1 aromatic rings. The molecule has 8 heteroatoms. The van der Waals surface area contributed by atoms with Gasteiger partial charge in [-0.25, -0.2) is 0 Å². The molecule has 1 aromatic carbocycles. The van der Waals surface area contributed by atoms with Gasteiger partial charge in [0.15, 0.2) is 5.78 Å². The Kier molecular flexibility index (Phi) is 7.06. The zero-order valence-corrected chi connectivity index (χ0v) is 15.1. The summed E-state index contributed by atoms with van der Waals surface area (Å²) in [6.07, 6.45) is 1.21. The highest BCUT2D eigenvalue weighted by Gasteiger charge is 2.28. The number of rotatable bonds is 7. The Balaban J connectivity index is 2.23. The van der Waals surface area contributed by atoms with Crippen molar-refractivity contribution < 1.29 is 19.5 Å². The van der Waals surface area contributed by atoms with Gasteiger partial charge in [-0.1, -0.05) is 0 Å². The number of anilines is 2. The molecular formula is C18H20ClN3O4. The smallest absolute Gasteiger partial charge is 0.239 e. The van der Waals surface area contributed by atoms with Crippen LogP contribution in [-0.2, 0) is 14.4 Å². The lowest BCUT2D eigenvalue weighted by Gasteiger charge is -2.27. The number of carbonyl (C=O) groups excluding carboxylic acids is 3. The van der Waals surface area contributed by atoms with Gasteiger partial charge in [0.25, 0.3) is 0 Å². The maximum Gasteiger partial charge on any atom is 0.239 e. The first-order chi connectivity index (χ1) is 12.5. The number of aliphatic hydroxyl groups excluding tert-OH is 1. The number of benzene rings is 1. The van der Waals surface area contributed by atoms with Crippen LogP contribution in [0.1, 0.15) is 13.3 Å². The second kappa shape index (κ2) is 9.26. The number of halogens is 1. The second-order valence-electron chi connectivity index (χ2n) is 5.52. The van der Waals surface area contributed by atoms with E-state index in [1.54, 1.807) is 29.2 Å². The van der Waals surface area contributed by atoms with Crippen molar-refractivity contribution in [3.63, 3.8) is 0 Å². The summed E-state index contributed by atoms with van der Waals surface area (Å²) in [5.41, 5.74) is 1.79. The lowest BCUT2D eigenvalue weighted by Crippen LogP contribution is -2.34. The Morgan fingerprint density at radius 1 is 1.31 bits per heavy atom. The van der Waals surface area contributed by atoms with E-state index in [-0.39, 0.29) is 48.6 Å². The van der Waals surface area contributed by atoms with Gasteiger partial charge in [0.05, 0.1) is 31.0 Å². The molecule has 7 nitrogen and oxygen atoms in total. The molecule has 0 aromatic heterocycles. The van der Waals surface area contributed by atoms with Gasteiger partial charge in [-0.3, -0.25) is 19.4 Å². The van der Waals surface area contributed by atoms with E-state index < -0.39 is 0 Å². The van der Waals surface area contributed by atoms with Crippen molar-refractivity contribution in [3.8, 4) is 0 Å². The van der Waals surface area contributed by atoms with Gasteiger partial charge < -0.3 is 15.3 Å². The van der Waals surface area contributed by atoms with Gasteiger partial charge in [-0.2, -0.15) is 0 Å². The molecule has 1 aliphatic rings. The SMILES string of the molecule is CCN(C1=CC(=O)C(=NCCO)CC1=O)c1ccc(NC(=O)CCl)cc1. The molecule has 1 amide bonds. The van der Waals surface area contributed by atoms with Crippen LogP contribution in [0.4, 0.5) is 11.4 Å². The Hall–Kier alpha value is -2.51. The van der Waals surface area contributed by atoms with Crippen molar-refractivity contribution in [1.82, 2.24) is 0 Å². The summed E-state index contributed by atoms with van der Waals surface area (Å²) in [5.74, 6) is -0.968. The molecule has 138 valence electrons. The second-order valence-corrected chi connectivity index (χ2v) is 5.79. The van der Waals surface area contributed by atoms with Crippen LogP contribution in [-0.4, -0.2) is 53.9 Å². The average Bonchev–Trinajstić information content (AvgIpc) is 2.64. The number of allylic oxidation sites excluding steroid dienone is 2. The number of alkyl halides is 1. The van der Waals surface area contributed by atoms with E-state index in [2.05, 4.69) is 10.3 Å². The minimum absolute atomic E-state index is 0.0783. The van der Waals surface area contributed by atoms with Crippen LogP contribution in [0, 0.1) is 0 Å². The standard InChI is InChI=1S/C18H20ClN3O4/c1-2-22(13-5-3-12(4-6-13)21-18(26)11-19)15-10-16(24)14(9-17(15)25)20-7-8-23/h3-6,10,23H,2,7-9,11H2,1H3,(H,21,26). The molecule has 0 unspecified atom stereocenters. The number of aliphatic imine (C=N–C) groups is 1. The zero-order chi connectivity index (χ0) is 19.1. The number of hydrogen-bond acceptors (Lipinski definition) is 6. The molecule has 0 heterocycles. The molecule has 0 atom stereocenters. The first kappa shape index (κ1) is 19.8.